The predicted molar refractivity (Wildman–Crippen MR) is 179 cm³/mol. The van der Waals surface area contributed by atoms with Gasteiger partial charge in [-0.25, -0.2) is 13.2 Å². The van der Waals surface area contributed by atoms with Crippen LogP contribution in [0.2, 0.25) is 15.2 Å². The molecule has 3 aromatic heterocycles. The van der Waals surface area contributed by atoms with Crippen molar-refractivity contribution in [1.29, 1.82) is 0 Å². The molecule has 47 heavy (non-hydrogen) atoms. The second-order valence-corrected chi connectivity index (χ2v) is 13.1. The Morgan fingerprint density at radius 2 is 1.77 bits per heavy atom. The van der Waals surface area contributed by atoms with Crippen LogP contribution in [0.4, 0.5) is 18.9 Å². The summed E-state index contributed by atoms with van der Waals surface area (Å²) in [7, 11) is 1.52. The molecule has 0 saturated heterocycles. The maximum Gasteiger partial charge on any atom is 0.282 e. The largest absolute Gasteiger partial charge is 0.322 e. The van der Waals surface area contributed by atoms with Gasteiger partial charge in [0.25, 0.3) is 12.3 Å². The van der Waals surface area contributed by atoms with Gasteiger partial charge in [-0.15, -0.1) is 5.10 Å². The average Bonchev–Trinajstić information content (AvgIpc) is 3.52. The first kappa shape index (κ1) is 34.3. The van der Waals surface area contributed by atoms with Crippen LogP contribution in [0, 0.1) is 12.7 Å². The molecule has 0 bridgehead atoms. The lowest BCUT2D eigenvalue weighted by Gasteiger charge is -2.19. The number of hydrogen-bond acceptors (Lipinski definition) is 5. The Hall–Kier alpha value is -3.99. The van der Waals surface area contributed by atoms with E-state index in [4.69, 9.17) is 34.8 Å². The van der Waals surface area contributed by atoms with Crippen molar-refractivity contribution < 1.29 is 18.0 Å². The van der Waals surface area contributed by atoms with Gasteiger partial charge < -0.3 is 5.32 Å². The Balaban J connectivity index is 0.000000185. The Bertz CT molecular complexity index is 1960. The molecule has 1 amide bonds. The molecule has 0 radical (unpaired) electrons. The molecule has 1 aliphatic rings. The van der Waals surface area contributed by atoms with Gasteiger partial charge in [-0.3, -0.25) is 14.5 Å². The van der Waals surface area contributed by atoms with Crippen molar-refractivity contribution in [3.8, 4) is 22.4 Å². The fraction of sp³-hybridized carbons (Fsp3) is 0.265. The number of rotatable bonds is 5. The molecule has 244 valence electrons. The number of fused-ring (bicyclic) bond motifs is 1. The number of benzene rings is 2. The molecule has 0 saturated carbocycles. The van der Waals surface area contributed by atoms with E-state index in [0.29, 0.717) is 44.2 Å². The number of nitrogens with zero attached hydrogens (tertiary/aromatic N) is 5. The number of anilines is 1. The highest BCUT2D eigenvalue weighted by molar-refractivity contribution is 6.37. The molecular weight excluding hydrogens is 672 g/mol. The number of hydrogen-bond donors (Lipinski definition) is 1. The minimum Gasteiger partial charge on any atom is -0.322 e. The quantitative estimate of drug-likeness (QED) is 0.197. The standard InChI is InChI=1S/C18H21F2N3O.C16H9Cl3FN3/c1-10-8-18(2,3)12-6-5-7-13(14(10)12)21-17(24)11-9-23(4)22-15(11)16(19)20;1-8-13(9-2-4-11(20)5-3-9)14(16(19)23-22-8)15-12(18)6-10(17)7-21-15/h5-7,9-10,16H,8H2,1-4H3,(H,21,24);2-7H,1H3. The van der Waals surface area contributed by atoms with E-state index in [1.165, 1.54) is 41.8 Å². The molecule has 5 aromatic rings. The Morgan fingerprint density at radius 3 is 2.43 bits per heavy atom. The molecule has 0 aliphatic heterocycles. The molecule has 2 aromatic carbocycles. The number of nitrogens with one attached hydrogen (secondary N) is 1. The summed E-state index contributed by atoms with van der Waals surface area (Å²) in [5.74, 6) is -0.581. The van der Waals surface area contributed by atoms with E-state index in [1.807, 2.05) is 12.1 Å². The number of aryl methyl sites for hydroxylation is 2. The topological polar surface area (TPSA) is 85.6 Å². The maximum atomic E-state index is 13.2. The highest BCUT2D eigenvalue weighted by Gasteiger charge is 2.36. The molecule has 6 rings (SSSR count). The normalized spacial score (nSPS) is 14.9. The first-order chi connectivity index (χ1) is 22.2. The first-order valence-electron chi connectivity index (χ1n) is 14.5. The monoisotopic (exact) mass is 700 g/mol. The minimum absolute atomic E-state index is 0.0396. The third kappa shape index (κ3) is 7.15. The average molecular weight is 702 g/mol. The van der Waals surface area contributed by atoms with Crippen LogP contribution >= 0.6 is 34.8 Å². The lowest BCUT2D eigenvalue weighted by molar-refractivity contribution is 0.101. The van der Waals surface area contributed by atoms with Crippen LogP contribution in [0.15, 0.2) is 60.9 Å². The summed E-state index contributed by atoms with van der Waals surface area (Å²) < 4.78 is 40.6. The third-order valence-corrected chi connectivity index (χ3v) is 8.74. The lowest BCUT2D eigenvalue weighted by atomic mass is 9.86. The number of halogens is 6. The van der Waals surface area contributed by atoms with Gasteiger partial charge in [0.05, 0.1) is 32.6 Å². The molecule has 1 aliphatic carbocycles. The third-order valence-electron chi connectivity index (χ3n) is 7.98. The van der Waals surface area contributed by atoms with Crippen molar-refractivity contribution in [2.24, 2.45) is 7.05 Å². The van der Waals surface area contributed by atoms with Crippen molar-refractivity contribution in [3.05, 3.63) is 110 Å². The van der Waals surface area contributed by atoms with E-state index < -0.39 is 18.0 Å². The first-order valence-corrected chi connectivity index (χ1v) is 15.7. The number of carbonyl (C=O) groups is 1. The fourth-order valence-corrected chi connectivity index (χ4v) is 6.79. The van der Waals surface area contributed by atoms with Crippen LogP contribution in [0.3, 0.4) is 0 Å². The summed E-state index contributed by atoms with van der Waals surface area (Å²) in [5, 5.41) is 15.4. The highest BCUT2D eigenvalue weighted by atomic mass is 35.5. The zero-order valence-electron chi connectivity index (χ0n) is 26.0. The van der Waals surface area contributed by atoms with Gasteiger partial charge >= 0.3 is 0 Å². The Kier molecular flexibility index (Phi) is 9.96. The fourth-order valence-electron chi connectivity index (χ4n) is 6.09. The summed E-state index contributed by atoms with van der Waals surface area (Å²) in [6.07, 6.45) is 1.01. The van der Waals surface area contributed by atoms with Gasteiger partial charge in [0.15, 0.2) is 5.15 Å². The van der Waals surface area contributed by atoms with E-state index >= 15 is 0 Å². The molecule has 0 spiro atoms. The van der Waals surface area contributed by atoms with E-state index in [9.17, 15) is 18.0 Å². The molecular formula is C34H30Cl3F3N6O. The van der Waals surface area contributed by atoms with E-state index in [1.54, 1.807) is 25.1 Å². The Morgan fingerprint density at radius 1 is 1.06 bits per heavy atom. The van der Waals surface area contributed by atoms with Gasteiger partial charge in [0.1, 0.15) is 11.5 Å². The summed E-state index contributed by atoms with van der Waals surface area (Å²) in [6, 6.07) is 13.4. The van der Waals surface area contributed by atoms with Crippen molar-refractivity contribution in [2.75, 3.05) is 5.32 Å². The van der Waals surface area contributed by atoms with Gasteiger partial charge in [0, 0.05) is 30.7 Å². The minimum atomic E-state index is -2.79. The van der Waals surface area contributed by atoms with Gasteiger partial charge in [-0.05, 0) is 65.6 Å². The highest BCUT2D eigenvalue weighted by Crippen LogP contribution is 2.48. The smallest absolute Gasteiger partial charge is 0.282 e. The summed E-state index contributed by atoms with van der Waals surface area (Å²) in [4.78, 5) is 16.8. The molecule has 13 heteroatoms. The van der Waals surface area contributed by atoms with Gasteiger partial charge in [-0.1, -0.05) is 79.8 Å². The van der Waals surface area contributed by atoms with Crippen LogP contribution in [-0.4, -0.2) is 30.9 Å². The van der Waals surface area contributed by atoms with Crippen molar-refractivity contribution in [3.63, 3.8) is 0 Å². The van der Waals surface area contributed by atoms with Gasteiger partial charge in [0.2, 0.25) is 0 Å². The Labute approximate surface area is 285 Å². The maximum absolute atomic E-state index is 13.2. The number of aromatic nitrogens is 5. The zero-order valence-corrected chi connectivity index (χ0v) is 28.3. The van der Waals surface area contributed by atoms with E-state index in [2.05, 4.69) is 52.4 Å². The predicted octanol–water partition coefficient (Wildman–Crippen LogP) is 10.0. The number of alkyl halides is 2. The van der Waals surface area contributed by atoms with Crippen LogP contribution in [0.1, 0.15) is 72.4 Å². The SMILES string of the molecule is CC1CC(C)(C)c2cccc(NC(=O)c3cn(C)nc3C(F)F)c21.Cc1nnc(Cl)c(-c2ncc(Cl)cc2Cl)c1-c1ccc(F)cc1. The molecule has 1 N–H and O–H groups in total. The van der Waals surface area contributed by atoms with E-state index in [0.717, 1.165) is 17.5 Å². The molecule has 0 fully saturated rings. The molecule has 1 unspecified atom stereocenters. The summed E-state index contributed by atoms with van der Waals surface area (Å²) in [5.41, 5.74) is 5.50. The van der Waals surface area contributed by atoms with Gasteiger partial charge in [-0.2, -0.15) is 10.2 Å². The van der Waals surface area contributed by atoms with Crippen LogP contribution in [0.5, 0.6) is 0 Å². The summed E-state index contributed by atoms with van der Waals surface area (Å²) >= 11 is 18.4. The number of pyridine rings is 1. The number of carbonyl (C=O) groups excluding carboxylic acids is 1. The lowest BCUT2D eigenvalue weighted by Crippen LogP contribution is -2.16. The van der Waals surface area contributed by atoms with Crippen LogP contribution in [0.25, 0.3) is 22.4 Å². The molecule has 1 atom stereocenters. The van der Waals surface area contributed by atoms with Crippen molar-refractivity contribution >= 4 is 46.4 Å². The second kappa shape index (κ2) is 13.6. The van der Waals surface area contributed by atoms with Crippen molar-refractivity contribution in [2.45, 2.75) is 51.9 Å². The summed E-state index contributed by atoms with van der Waals surface area (Å²) in [6.45, 7) is 8.27. The molecule has 7 nitrogen and oxygen atoms in total. The van der Waals surface area contributed by atoms with E-state index in [-0.39, 0.29) is 21.9 Å². The second-order valence-electron chi connectivity index (χ2n) is 11.9. The zero-order chi connectivity index (χ0) is 34.2. The van der Waals surface area contributed by atoms with Crippen molar-refractivity contribution in [1.82, 2.24) is 25.0 Å². The van der Waals surface area contributed by atoms with Crippen LogP contribution < -0.4 is 5.32 Å². The number of amides is 1. The van der Waals surface area contributed by atoms with Crippen LogP contribution in [-0.2, 0) is 12.5 Å². The molecule has 3 heterocycles.